The summed E-state index contributed by atoms with van der Waals surface area (Å²) < 4.78 is 29.4. The Morgan fingerprint density at radius 2 is 2.23 bits per heavy atom. The Morgan fingerprint density at radius 1 is 1.38 bits per heavy atom. The van der Waals surface area contributed by atoms with Gasteiger partial charge in [-0.25, -0.2) is 9.37 Å². The van der Waals surface area contributed by atoms with Gasteiger partial charge in [-0.05, 0) is 37.8 Å². The maximum absolute atomic E-state index is 13.6. The highest BCUT2D eigenvalue weighted by atomic mass is 19.1. The van der Waals surface area contributed by atoms with Crippen LogP contribution in [0, 0.1) is 5.82 Å². The SMILES string of the molecule is COCC[C@@H]1CCCCN1C(=O)c1coc(COc2ccccc2F)n1. The Labute approximate surface area is 151 Å². The molecule has 1 aromatic carbocycles. The number of hydrogen-bond acceptors (Lipinski definition) is 5. The number of rotatable bonds is 7. The van der Waals surface area contributed by atoms with Crippen LogP contribution >= 0.6 is 0 Å². The highest BCUT2D eigenvalue weighted by molar-refractivity contribution is 5.92. The second-order valence-corrected chi connectivity index (χ2v) is 6.28. The molecule has 0 spiro atoms. The van der Waals surface area contributed by atoms with E-state index in [0.717, 1.165) is 25.7 Å². The van der Waals surface area contributed by atoms with Crippen molar-refractivity contribution >= 4 is 5.91 Å². The number of methoxy groups -OCH3 is 1. The molecule has 1 aromatic heterocycles. The standard InChI is InChI=1S/C19H23FN2O4/c1-24-11-9-14-6-4-5-10-22(14)19(23)16-12-26-18(21-16)13-25-17-8-3-2-7-15(17)20/h2-3,7-8,12,14H,4-6,9-11,13H2,1H3/t14-/m0/s1. The molecule has 1 fully saturated rings. The summed E-state index contributed by atoms with van der Waals surface area (Å²) in [5, 5.41) is 0. The number of oxazole rings is 1. The maximum Gasteiger partial charge on any atom is 0.276 e. The minimum atomic E-state index is -0.454. The highest BCUT2D eigenvalue weighted by Crippen LogP contribution is 2.22. The van der Waals surface area contributed by atoms with Gasteiger partial charge in [0.15, 0.2) is 23.9 Å². The van der Waals surface area contributed by atoms with Crippen molar-refractivity contribution in [2.45, 2.75) is 38.3 Å². The quantitative estimate of drug-likeness (QED) is 0.755. The van der Waals surface area contributed by atoms with Crippen molar-refractivity contribution in [1.29, 1.82) is 0 Å². The zero-order chi connectivity index (χ0) is 18.4. The Morgan fingerprint density at radius 3 is 3.04 bits per heavy atom. The predicted octanol–water partition coefficient (Wildman–Crippen LogP) is 3.42. The van der Waals surface area contributed by atoms with E-state index in [1.54, 1.807) is 19.2 Å². The fourth-order valence-electron chi connectivity index (χ4n) is 3.15. The number of likely N-dealkylation sites (tertiary alicyclic amines) is 1. The highest BCUT2D eigenvalue weighted by Gasteiger charge is 2.29. The van der Waals surface area contributed by atoms with Gasteiger partial charge in [0.1, 0.15) is 6.26 Å². The molecule has 7 heteroatoms. The second kappa shape index (κ2) is 8.80. The van der Waals surface area contributed by atoms with Crippen LogP contribution in [-0.4, -0.2) is 42.1 Å². The summed E-state index contributed by atoms with van der Waals surface area (Å²) in [5.74, 6) is -0.243. The van der Waals surface area contributed by atoms with E-state index in [1.165, 1.54) is 18.4 Å². The topological polar surface area (TPSA) is 64.8 Å². The fourth-order valence-corrected chi connectivity index (χ4v) is 3.15. The normalized spacial score (nSPS) is 17.3. The number of piperidine rings is 1. The molecular formula is C19H23FN2O4. The zero-order valence-corrected chi connectivity index (χ0v) is 14.8. The largest absolute Gasteiger partial charge is 0.481 e. The average Bonchev–Trinajstić information content (AvgIpc) is 3.14. The van der Waals surface area contributed by atoms with Gasteiger partial charge >= 0.3 is 0 Å². The number of nitrogens with zero attached hydrogens (tertiary/aromatic N) is 2. The Hall–Kier alpha value is -2.41. The molecule has 0 N–H and O–H groups in total. The second-order valence-electron chi connectivity index (χ2n) is 6.28. The summed E-state index contributed by atoms with van der Waals surface area (Å²) in [6.07, 6.45) is 5.21. The smallest absolute Gasteiger partial charge is 0.276 e. The van der Waals surface area contributed by atoms with Crippen molar-refractivity contribution in [1.82, 2.24) is 9.88 Å². The van der Waals surface area contributed by atoms with Crippen LogP contribution in [0.3, 0.4) is 0 Å². The van der Waals surface area contributed by atoms with Gasteiger partial charge in [-0.1, -0.05) is 12.1 Å². The Balaban J connectivity index is 1.62. The van der Waals surface area contributed by atoms with Crippen LogP contribution in [0.25, 0.3) is 0 Å². The lowest BCUT2D eigenvalue weighted by molar-refractivity contribution is 0.0547. The lowest BCUT2D eigenvalue weighted by Crippen LogP contribution is -2.44. The molecule has 0 radical (unpaired) electrons. The molecule has 0 saturated carbocycles. The van der Waals surface area contributed by atoms with Crippen LogP contribution in [0.2, 0.25) is 0 Å². The van der Waals surface area contributed by atoms with E-state index < -0.39 is 5.82 Å². The first-order valence-corrected chi connectivity index (χ1v) is 8.80. The monoisotopic (exact) mass is 362 g/mol. The molecular weight excluding hydrogens is 339 g/mol. The first-order valence-electron chi connectivity index (χ1n) is 8.80. The number of ether oxygens (including phenoxy) is 2. The molecule has 140 valence electrons. The number of halogens is 1. The van der Waals surface area contributed by atoms with Gasteiger partial charge in [-0.15, -0.1) is 0 Å². The van der Waals surface area contributed by atoms with Gasteiger partial charge in [-0.3, -0.25) is 4.79 Å². The van der Waals surface area contributed by atoms with Crippen molar-refractivity contribution in [3.05, 3.63) is 47.9 Å². The van der Waals surface area contributed by atoms with E-state index >= 15 is 0 Å². The van der Waals surface area contributed by atoms with Crippen LogP contribution in [0.1, 0.15) is 42.1 Å². The first kappa shape index (κ1) is 18.4. The van der Waals surface area contributed by atoms with E-state index in [1.807, 2.05) is 4.90 Å². The molecule has 26 heavy (non-hydrogen) atoms. The van der Waals surface area contributed by atoms with Gasteiger partial charge in [-0.2, -0.15) is 0 Å². The molecule has 1 amide bonds. The Kier molecular flexibility index (Phi) is 6.22. The number of benzene rings is 1. The molecule has 1 saturated heterocycles. The summed E-state index contributed by atoms with van der Waals surface area (Å²) in [5.41, 5.74) is 0.251. The lowest BCUT2D eigenvalue weighted by atomic mass is 9.99. The maximum atomic E-state index is 13.6. The molecule has 0 aliphatic carbocycles. The molecule has 3 rings (SSSR count). The summed E-state index contributed by atoms with van der Waals surface area (Å²) in [4.78, 5) is 18.8. The third-order valence-electron chi connectivity index (χ3n) is 4.50. The van der Waals surface area contributed by atoms with Gasteiger partial charge in [0.05, 0.1) is 0 Å². The van der Waals surface area contributed by atoms with Crippen LogP contribution < -0.4 is 4.74 Å². The molecule has 1 aliphatic heterocycles. The van der Waals surface area contributed by atoms with Crippen molar-refractivity contribution in [3.8, 4) is 5.75 Å². The molecule has 0 bridgehead atoms. The van der Waals surface area contributed by atoms with Crippen LogP contribution in [0.5, 0.6) is 5.75 Å². The molecule has 6 nitrogen and oxygen atoms in total. The van der Waals surface area contributed by atoms with E-state index in [9.17, 15) is 9.18 Å². The van der Waals surface area contributed by atoms with Crippen molar-refractivity contribution in [2.24, 2.45) is 0 Å². The van der Waals surface area contributed by atoms with Gasteiger partial charge in [0, 0.05) is 26.3 Å². The molecule has 2 aromatic rings. The van der Waals surface area contributed by atoms with Crippen molar-refractivity contribution in [3.63, 3.8) is 0 Å². The van der Waals surface area contributed by atoms with E-state index in [2.05, 4.69) is 4.98 Å². The third kappa shape index (κ3) is 4.40. The zero-order valence-electron chi connectivity index (χ0n) is 14.8. The van der Waals surface area contributed by atoms with Gasteiger partial charge in [0.2, 0.25) is 5.89 Å². The summed E-state index contributed by atoms with van der Waals surface area (Å²) in [7, 11) is 1.66. The van der Waals surface area contributed by atoms with Crippen LogP contribution in [0.4, 0.5) is 4.39 Å². The fraction of sp³-hybridized carbons (Fsp3) is 0.474. The van der Waals surface area contributed by atoms with Crippen LogP contribution in [-0.2, 0) is 11.3 Å². The summed E-state index contributed by atoms with van der Waals surface area (Å²) in [6, 6.07) is 6.27. The predicted molar refractivity (Wildman–Crippen MR) is 92.4 cm³/mol. The summed E-state index contributed by atoms with van der Waals surface area (Å²) in [6.45, 7) is 1.29. The van der Waals surface area contributed by atoms with Crippen molar-refractivity contribution in [2.75, 3.05) is 20.3 Å². The van der Waals surface area contributed by atoms with E-state index in [0.29, 0.717) is 13.2 Å². The average molecular weight is 362 g/mol. The number of carbonyl (C=O) groups excluding carboxylic acids is 1. The summed E-state index contributed by atoms with van der Waals surface area (Å²) >= 11 is 0. The van der Waals surface area contributed by atoms with Crippen LogP contribution in [0.15, 0.2) is 34.9 Å². The van der Waals surface area contributed by atoms with Gasteiger partial charge in [0.25, 0.3) is 5.91 Å². The number of para-hydroxylation sites is 1. The molecule has 2 heterocycles. The third-order valence-corrected chi connectivity index (χ3v) is 4.50. The molecule has 0 unspecified atom stereocenters. The van der Waals surface area contributed by atoms with E-state index in [4.69, 9.17) is 13.9 Å². The first-order chi connectivity index (χ1) is 12.7. The number of aromatic nitrogens is 1. The van der Waals surface area contributed by atoms with E-state index in [-0.39, 0.29) is 35.9 Å². The number of carbonyl (C=O) groups is 1. The molecule has 1 atom stereocenters. The van der Waals surface area contributed by atoms with Gasteiger partial charge < -0.3 is 18.8 Å². The number of amides is 1. The van der Waals surface area contributed by atoms with Crippen molar-refractivity contribution < 1.29 is 23.1 Å². The minimum absolute atomic E-state index is 0.0404. The molecule has 1 aliphatic rings. The Bertz CT molecular complexity index is 734. The lowest BCUT2D eigenvalue weighted by Gasteiger charge is -2.35. The number of hydrogen-bond donors (Lipinski definition) is 0. The minimum Gasteiger partial charge on any atom is -0.481 e.